The molecular weight excluding hydrogens is 218 g/mol. The third-order valence-electron chi connectivity index (χ3n) is 2.83. The number of nitrogens with zero attached hydrogens (tertiary/aromatic N) is 1. The second-order valence-electron chi connectivity index (χ2n) is 4.58. The minimum absolute atomic E-state index is 0.0525. The maximum Gasteiger partial charge on any atom is 0.0634 e. The van der Waals surface area contributed by atoms with E-state index in [4.69, 9.17) is 4.74 Å². The minimum Gasteiger partial charge on any atom is -0.376 e. The van der Waals surface area contributed by atoms with Crippen molar-refractivity contribution >= 4 is 11.8 Å². The predicted octanol–water partition coefficient (Wildman–Crippen LogP) is 3.27. The van der Waals surface area contributed by atoms with Crippen LogP contribution >= 0.6 is 11.8 Å². The molecule has 0 aliphatic carbocycles. The van der Waals surface area contributed by atoms with Gasteiger partial charge in [0.15, 0.2) is 0 Å². The SMILES string of the molecule is CCOC(C)(C)CCSCCN(CC)CC. The van der Waals surface area contributed by atoms with Crippen LogP contribution in [0.1, 0.15) is 41.0 Å². The van der Waals surface area contributed by atoms with Crippen molar-refractivity contribution in [3.63, 3.8) is 0 Å². The van der Waals surface area contributed by atoms with Crippen molar-refractivity contribution in [1.29, 1.82) is 0 Å². The van der Waals surface area contributed by atoms with Crippen molar-refractivity contribution in [3.8, 4) is 0 Å². The Morgan fingerprint density at radius 3 is 2.19 bits per heavy atom. The largest absolute Gasteiger partial charge is 0.376 e. The number of thioether (sulfide) groups is 1. The molecule has 0 bridgehead atoms. The second kappa shape index (κ2) is 9.32. The Morgan fingerprint density at radius 2 is 1.69 bits per heavy atom. The minimum atomic E-state index is 0.0525. The van der Waals surface area contributed by atoms with E-state index >= 15 is 0 Å². The Hall–Kier alpha value is 0.270. The summed E-state index contributed by atoms with van der Waals surface area (Å²) in [6, 6.07) is 0. The Labute approximate surface area is 106 Å². The highest BCUT2D eigenvalue weighted by Gasteiger charge is 2.16. The van der Waals surface area contributed by atoms with Gasteiger partial charge in [0, 0.05) is 18.9 Å². The molecule has 0 radical (unpaired) electrons. The van der Waals surface area contributed by atoms with Gasteiger partial charge in [0.25, 0.3) is 0 Å². The molecule has 0 spiro atoms. The number of hydrogen-bond donors (Lipinski definition) is 0. The van der Waals surface area contributed by atoms with Crippen molar-refractivity contribution in [1.82, 2.24) is 4.90 Å². The van der Waals surface area contributed by atoms with Gasteiger partial charge in [-0.3, -0.25) is 0 Å². The molecule has 0 rings (SSSR count). The van der Waals surface area contributed by atoms with Gasteiger partial charge >= 0.3 is 0 Å². The number of hydrogen-bond acceptors (Lipinski definition) is 3. The fourth-order valence-corrected chi connectivity index (χ4v) is 2.84. The molecule has 16 heavy (non-hydrogen) atoms. The molecule has 0 aromatic heterocycles. The smallest absolute Gasteiger partial charge is 0.0634 e. The average molecular weight is 247 g/mol. The van der Waals surface area contributed by atoms with Crippen molar-refractivity contribution in [2.45, 2.75) is 46.6 Å². The van der Waals surface area contributed by atoms with Gasteiger partial charge < -0.3 is 9.64 Å². The molecule has 0 amide bonds. The van der Waals surface area contributed by atoms with Crippen molar-refractivity contribution in [2.75, 3.05) is 37.7 Å². The zero-order valence-corrected chi connectivity index (χ0v) is 12.5. The van der Waals surface area contributed by atoms with E-state index in [9.17, 15) is 0 Å². The highest BCUT2D eigenvalue weighted by atomic mass is 32.2. The van der Waals surface area contributed by atoms with E-state index in [0.29, 0.717) is 0 Å². The van der Waals surface area contributed by atoms with E-state index in [1.165, 1.54) is 31.1 Å². The van der Waals surface area contributed by atoms with Crippen LogP contribution in [-0.2, 0) is 4.74 Å². The Balaban J connectivity index is 3.45. The van der Waals surface area contributed by atoms with Gasteiger partial charge in [-0.1, -0.05) is 13.8 Å². The summed E-state index contributed by atoms with van der Waals surface area (Å²) >= 11 is 2.04. The Kier molecular flexibility index (Phi) is 9.47. The van der Waals surface area contributed by atoms with Gasteiger partial charge in [0.1, 0.15) is 0 Å². The molecule has 2 nitrogen and oxygen atoms in total. The van der Waals surface area contributed by atoms with Crippen LogP contribution in [-0.4, -0.2) is 48.2 Å². The molecule has 0 fully saturated rings. The van der Waals surface area contributed by atoms with E-state index in [1.54, 1.807) is 0 Å². The van der Waals surface area contributed by atoms with E-state index in [-0.39, 0.29) is 5.60 Å². The summed E-state index contributed by atoms with van der Waals surface area (Å²) in [5.41, 5.74) is 0.0525. The first-order valence-corrected chi connectivity index (χ1v) is 7.65. The van der Waals surface area contributed by atoms with Gasteiger partial charge in [0.2, 0.25) is 0 Å². The van der Waals surface area contributed by atoms with E-state index in [0.717, 1.165) is 13.0 Å². The van der Waals surface area contributed by atoms with E-state index < -0.39 is 0 Å². The third-order valence-corrected chi connectivity index (χ3v) is 3.79. The summed E-state index contributed by atoms with van der Waals surface area (Å²) in [6.45, 7) is 15.3. The van der Waals surface area contributed by atoms with Crippen LogP contribution in [0.2, 0.25) is 0 Å². The molecule has 0 N–H and O–H groups in total. The third kappa shape index (κ3) is 8.43. The normalized spacial score (nSPS) is 12.4. The molecule has 0 saturated heterocycles. The zero-order chi connectivity index (χ0) is 12.4. The molecule has 0 unspecified atom stereocenters. The lowest BCUT2D eigenvalue weighted by Crippen LogP contribution is -2.27. The second-order valence-corrected chi connectivity index (χ2v) is 5.81. The molecule has 3 heteroatoms. The Morgan fingerprint density at radius 1 is 1.06 bits per heavy atom. The van der Waals surface area contributed by atoms with E-state index in [1.807, 2.05) is 11.8 Å². The lowest BCUT2D eigenvalue weighted by atomic mass is 10.1. The summed E-state index contributed by atoms with van der Waals surface area (Å²) in [6.07, 6.45) is 1.14. The van der Waals surface area contributed by atoms with Gasteiger partial charge in [-0.15, -0.1) is 0 Å². The highest BCUT2D eigenvalue weighted by molar-refractivity contribution is 7.99. The fourth-order valence-electron chi connectivity index (χ4n) is 1.62. The standard InChI is InChI=1S/C13H29NOS/c1-6-14(7-2)10-12-16-11-9-13(4,5)15-8-3/h6-12H2,1-5H3. The predicted molar refractivity (Wildman–Crippen MR) is 75.4 cm³/mol. The van der Waals surface area contributed by atoms with Crippen LogP contribution in [0, 0.1) is 0 Å². The van der Waals surface area contributed by atoms with Gasteiger partial charge in [-0.05, 0) is 46.0 Å². The molecule has 0 saturated carbocycles. The topological polar surface area (TPSA) is 12.5 Å². The summed E-state index contributed by atoms with van der Waals surface area (Å²) in [5.74, 6) is 2.44. The first-order chi connectivity index (χ1) is 7.55. The monoisotopic (exact) mass is 247 g/mol. The summed E-state index contributed by atoms with van der Waals surface area (Å²) in [7, 11) is 0. The molecular formula is C13H29NOS. The summed E-state index contributed by atoms with van der Waals surface area (Å²) in [4.78, 5) is 2.47. The summed E-state index contributed by atoms with van der Waals surface area (Å²) < 4.78 is 5.68. The molecule has 0 heterocycles. The van der Waals surface area contributed by atoms with Crippen molar-refractivity contribution < 1.29 is 4.74 Å². The number of ether oxygens (including phenoxy) is 1. The molecule has 98 valence electrons. The van der Waals surface area contributed by atoms with Crippen LogP contribution in [0.3, 0.4) is 0 Å². The molecule has 0 aliphatic rings. The quantitative estimate of drug-likeness (QED) is 0.550. The van der Waals surface area contributed by atoms with Gasteiger partial charge in [0.05, 0.1) is 5.60 Å². The molecule has 0 aromatic rings. The first kappa shape index (κ1) is 16.3. The fraction of sp³-hybridized carbons (Fsp3) is 1.00. The van der Waals surface area contributed by atoms with Crippen LogP contribution < -0.4 is 0 Å². The first-order valence-electron chi connectivity index (χ1n) is 6.49. The van der Waals surface area contributed by atoms with Gasteiger partial charge in [-0.2, -0.15) is 11.8 Å². The molecule has 0 atom stereocenters. The highest BCUT2D eigenvalue weighted by Crippen LogP contribution is 2.17. The van der Waals surface area contributed by atoms with Crippen molar-refractivity contribution in [2.24, 2.45) is 0 Å². The van der Waals surface area contributed by atoms with E-state index in [2.05, 4.69) is 39.5 Å². The van der Waals surface area contributed by atoms with Crippen LogP contribution in [0.15, 0.2) is 0 Å². The number of rotatable bonds is 10. The van der Waals surface area contributed by atoms with Gasteiger partial charge in [-0.25, -0.2) is 0 Å². The van der Waals surface area contributed by atoms with Crippen LogP contribution in [0.4, 0.5) is 0 Å². The lowest BCUT2D eigenvalue weighted by molar-refractivity contribution is -0.0116. The molecule has 0 aliphatic heterocycles. The molecule has 0 aromatic carbocycles. The Bertz CT molecular complexity index is 158. The maximum atomic E-state index is 5.68. The van der Waals surface area contributed by atoms with Crippen LogP contribution in [0.5, 0.6) is 0 Å². The summed E-state index contributed by atoms with van der Waals surface area (Å²) in [5, 5.41) is 0. The maximum absolute atomic E-state index is 5.68. The lowest BCUT2D eigenvalue weighted by Gasteiger charge is -2.24. The zero-order valence-electron chi connectivity index (χ0n) is 11.7. The average Bonchev–Trinajstić information content (AvgIpc) is 2.23. The van der Waals surface area contributed by atoms with Crippen LogP contribution in [0.25, 0.3) is 0 Å². The van der Waals surface area contributed by atoms with Crippen molar-refractivity contribution in [3.05, 3.63) is 0 Å².